The van der Waals surface area contributed by atoms with Crippen molar-refractivity contribution < 1.29 is 0 Å². The van der Waals surface area contributed by atoms with Gasteiger partial charge in [-0.15, -0.1) is 0 Å². The molecule has 0 bridgehead atoms. The van der Waals surface area contributed by atoms with Gasteiger partial charge in [0.25, 0.3) is 0 Å². The minimum absolute atomic E-state index is 0.0360. The Hall–Kier alpha value is -2.86. The van der Waals surface area contributed by atoms with Crippen molar-refractivity contribution in [1.82, 2.24) is 20.2 Å². The molecule has 0 unspecified atom stereocenters. The number of aromatic amines is 1. The van der Waals surface area contributed by atoms with Crippen molar-refractivity contribution in [3.63, 3.8) is 0 Å². The molecule has 6 heteroatoms. The Morgan fingerprint density at radius 2 is 1.89 bits per heavy atom. The number of anilines is 1. The second-order valence-electron chi connectivity index (χ2n) is 7.06. The first kappa shape index (κ1) is 18.5. The van der Waals surface area contributed by atoms with Crippen LogP contribution in [0.5, 0.6) is 0 Å². The molecule has 2 aromatic heterocycles. The second-order valence-corrected chi connectivity index (χ2v) is 7.45. The van der Waals surface area contributed by atoms with Crippen LogP contribution in [-0.2, 0) is 0 Å². The zero-order chi connectivity index (χ0) is 19.3. The van der Waals surface area contributed by atoms with E-state index in [1.165, 1.54) is 0 Å². The number of para-hydroxylation sites is 1. The van der Waals surface area contributed by atoms with Crippen molar-refractivity contribution in [3.05, 3.63) is 83.9 Å². The van der Waals surface area contributed by atoms with E-state index < -0.39 is 0 Å². The van der Waals surface area contributed by atoms with Crippen molar-refractivity contribution in [2.75, 3.05) is 18.4 Å². The van der Waals surface area contributed by atoms with Crippen LogP contribution in [0.4, 0.5) is 5.69 Å². The second kappa shape index (κ2) is 8.44. The molecule has 0 amide bonds. The van der Waals surface area contributed by atoms with E-state index >= 15 is 0 Å². The van der Waals surface area contributed by atoms with Crippen molar-refractivity contribution in [2.24, 2.45) is 0 Å². The maximum absolute atomic E-state index is 5.70. The van der Waals surface area contributed by atoms with Crippen LogP contribution in [0.2, 0.25) is 0 Å². The lowest BCUT2D eigenvalue weighted by Crippen LogP contribution is -2.31. The molecule has 5 nitrogen and oxygen atoms in total. The Balaban J connectivity index is 1.48. The van der Waals surface area contributed by atoms with Crippen LogP contribution in [0.3, 0.4) is 0 Å². The van der Waals surface area contributed by atoms with Crippen molar-refractivity contribution >= 4 is 23.0 Å². The molecule has 4 rings (SSSR count). The molecule has 0 saturated carbocycles. The van der Waals surface area contributed by atoms with Gasteiger partial charge in [-0.25, -0.2) is 0 Å². The van der Waals surface area contributed by atoms with Gasteiger partial charge in [-0.1, -0.05) is 24.3 Å². The zero-order valence-electron chi connectivity index (χ0n) is 15.9. The largest absolute Gasteiger partial charge is 0.385 e. The number of aromatic nitrogens is 2. The molecule has 1 fully saturated rings. The van der Waals surface area contributed by atoms with E-state index in [2.05, 4.69) is 62.8 Å². The molecule has 3 aromatic rings. The number of hydrogen-bond acceptors (Lipinski definition) is 3. The summed E-state index contributed by atoms with van der Waals surface area (Å²) in [5.41, 5.74) is 4.47. The van der Waals surface area contributed by atoms with E-state index in [4.69, 9.17) is 12.2 Å². The number of rotatable bonds is 7. The first-order valence-corrected chi connectivity index (χ1v) is 10.1. The average Bonchev–Trinajstić information content (AvgIpc) is 3.29. The normalized spacial score (nSPS) is 18.9. The number of H-pyrrole nitrogens is 1. The number of aryl methyl sites for hydroxylation is 1. The lowest BCUT2D eigenvalue weighted by atomic mass is 10.0. The van der Waals surface area contributed by atoms with E-state index in [1.54, 1.807) is 0 Å². The highest BCUT2D eigenvalue weighted by Crippen LogP contribution is 2.38. The topological polar surface area (TPSA) is 56.0 Å². The third-order valence-corrected chi connectivity index (χ3v) is 5.40. The Labute approximate surface area is 171 Å². The van der Waals surface area contributed by atoms with Crippen LogP contribution in [0.15, 0.2) is 66.9 Å². The van der Waals surface area contributed by atoms with Gasteiger partial charge in [0.2, 0.25) is 0 Å². The monoisotopic (exact) mass is 391 g/mol. The highest BCUT2D eigenvalue weighted by molar-refractivity contribution is 7.80. The van der Waals surface area contributed by atoms with E-state index in [0.717, 1.165) is 47.4 Å². The summed E-state index contributed by atoms with van der Waals surface area (Å²) >= 11 is 5.70. The maximum atomic E-state index is 5.70. The molecular weight excluding hydrogens is 366 g/mol. The minimum atomic E-state index is 0.0360. The summed E-state index contributed by atoms with van der Waals surface area (Å²) in [6.07, 6.45) is 2.82. The minimum Gasteiger partial charge on any atom is -0.385 e. The van der Waals surface area contributed by atoms with Gasteiger partial charge < -0.3 is 20.5 Å². The number of thiocarbonyl (C=S) groups is 1. The molecular formula is C22H25N5S. The third-order valence-electron chi connectivity index (χ3n) is 5.05. The highest BCUT2D eigenvalue weighted by atomic mass is 32.1. The van der Waals surface area contributed by atoms with Gasteiger partial charge in [-0.2, -0.15) is 0 Å². The fourth-order valence-corrected chi connectivity index (χ4v) is 4.05. The SMILES string of the molecule is Cc1ccc([C@@H]2[C@@H](c3ccccn3)NC(=S)N2CCCNc2ccccc2)[nH]1. The fraction of sp³-hybridized carbons (Fsp3) is 0.273. The molecule has 3 N–H and O–H groups in total. The van der Waals surface area contributed by atoms with Gasteiger partial charge in [0.1, 0.15) is 0 Å². The van der Waals surface area contributed by atoms with Crippen LogP contribution < -0.4 is 10.6 Å². The van der Waals surface area contributed by atoms with Crippen LogP contribution in [-0.4, -0.2) is 33.1 Å². The van der Waals surface area contributed by atoms with Gasteiger partial charge in [-0.05, 0) is 62.0 Å². The number of benzene rings is 1. The van der Waals surface area contributed by atoms with Crippen molar-refractivity contribution in [1.29, 1.82) is 0 Å². The van der Waals surface area contributed by atoms with E-state index in [-0.39, 0.29) is 12.1 Å². The zero-order valence-corrected chi connectivity index (χ0v) is 16.7. The van der Waals surface area contributed by atoms with Gasteiger partial charge in [0.05, 0.1) is 17.8 Å². The average molecular weight is 392 g/mol. The van der Waals surface area contributed by atoms with Gasteiger partial charge >= 0.3 is 0 Å². The molecule has 1 aliphatic heterocycles. The Kier molecular flexibility index (Phi) is 5.58. The quantitative estimate of drug-likeness (QED) is 0.416. The molecule has 1 aliphatic rings. The molecule has 28 heavy (non-hydrogen) atoms. The summed E-state index contributed by atoms with van der Waals surface area (Å²) < 4.78 is 0. The maximum Gasteiger partial charge on any atom is 0.170 e. The first-order chi connectivity index (χ1) is 13.7. The molecule has 1 aromatic carbocycles. The van der Waals surface area contributed by atoms with E-state index in [9.17, 15) is 0 Å². The van der Waals surface area contributed by atoms with Crippen molar-refractivity contribution in [3.8, 4) is 0 Å². The van der Waals surface area contributed by atoms with E-state index in [1.807, 2.05) is 36.5 Å². The van der Waals surface area contributed by atoms with Crippen LogP contribution >= 0.6 is 12.2 Å². The summed E-state index contributed by atoms with van der Waals surface area (Å²) in [5, 5.41) is 7.75. The summed E-state index contributed by atoms with van der Waals surface area (Å²) in [4.78, 5) is 10.4. The fourth-order valence-electron chi connectivity index (χ4n) is 3.72. The number of hydrogen-bond donors (Lipinski definition) is 3. The molecule has 0 radical (unpaired) electrons. The summed E-state index contributed by atoms with van der Waals surface area (Å²) in [6.45, 7) is 3.85. The number of pyridine rings is 1. The molecule has 1 saturated heterocycles. The summed E-state index contributed by atoms with van der Waals surface area (Å²) in [5.74, 6) is 0. The predicted octanol–water partition coefficient (Wildman–Crippen LogP) is 4.19. The van der Waals surface area contributed by atoms with Crippen LogP contribution in [0.25, 0.3) is 0 Å². The molecule has 144 valence electrons. The predicted molar refractivity (Wildman–Crippen MR) is 117 cm³/mol. The van der Waals surface area contributed by atoms with Crippen LogP contribution in [0.1, 0.15) is 35.6 Å². The smallest absolute Gasteiger partial charge is 0.170 e. The summed E-state index contributed by atoms with van der Waals surface area (Å²) in [7, 11) is 0. The third kappa shape index (κ3) is 4.02. The lowest BCUT2D eigenvalue weighted by molar-refractivity contribution is 0.311. The molecule has 0 spiro atoms. The Bertz CT molecular complexity index is 909. The number of nitrogens with zero attached hydrogens (tertiary/aromatic N) is 2. The lowest BCUT2D eigenvalue weighted by Gasteiger charge is -2.27. The summed E-state index contributed by atoms with van der Waals surface area (Å²) in [6, 6.07) is 20.7. The molecule has 2 atom stereocenters. The van der Waals surface area contributed by atoms with Gasteiger partial charge in [-0.3, -0.25) is 4.98 Å². The van der Waals surface area contributed by atoms with Gasteiger partial charge in [0.15, 0.2) is 5.11 Å². The Morgan fingerprint density at radius 3 is 2.61 bits per heavy atom. The van der Waals surface area contributed by atoms with Gasteiger partial charge in [0, 0.05) is 36.4 Å². The van der Waals surface area contributed by atoms with E-state index in [0.29, 0.717) is 0 Å². The molecule has 3 heterocycles. The standard InChI is InChI=1S/C22H25N5S/c1-16-11-12-19(25-16)21-20(18-10-5-6-13-24-18)26-22(28)27(21)15-7-14-23-17-8-3-2-4-9-17/h2-6,8-13,20-21,23,25H,7,14-15H2,1H3,(H,26,28)/t20-,21-/m1/s1. The Morgan fingerprint density at radius 1 is 1.07 bits per heavy atom. The molecule has 0 aliphatic carbocycles. The first-order valence-electron chi connectivity index (χ1n) is 9.65. The van der Waals surface area contributed by atoms with Crippen molar-refractivity contribution in [2.45, 2.75) is 25.4 Å². The highest BCUT2D eigenvalue weighted by Gasteiger charge is 2.40. The van der Waals surface area contributed by atoms with Crippen LogP contribution in [0, 0.1) is 6.92 Å². The number of nitrogens with one attached hydrogen (secondary N) is 3.